The zero-order valence-electron chi connectivity index (χ0n) is 21.9. The van der Waals surface area contributed by atoms with Crippen LogP contribution in [-0.4, -0.2) is 35.5 Å². The van der Waals surface area contributed by atoms with E-state index >= 15 is 0 Å². The monoisotopic (exact) mass is 498 g/mol. The summed E-state index contributed by atoms with van der Waals surface area (Å²) in [4.78, 5) is 41.1. The topological polar surface area (TPSA) is 75.7 Å². The molecule has 37 heavy (non-hydrogen) atoms. The molecule has 0 unspecified atom stereocenters. The third kappa shape index (κ3) is 4.73. The van der Waals surface area contributed by atoms with Gasteiger partial charge >= 0.3 is 0 Å². The van der Waals surface area contributed by atoms with E-state index in [1.54, 1.807) is 0 Å². The van der Waals surface area contributed by atoms with Crippen LogP contribution in [0.25, 0.3) is 0 Å². The van der Waals surface area contributed by atoms with E-state index in [0.717, 1.165) is 77.1 Å². The summed E-state index contributed by atoms with van der Waals surface area (Å²) < 4.78 is 5.76. The lowest BCUT2D eigenvalue weighted by Crippen LogP contribution is -2.39. The van der Waals surface area contributed by atoms with E-state index in [9.17, 15) is 14.4 Å². The maximum absolute atomic E-state index is 13.2. The first kappa shape index (κ1) is 25.0. The Morgan fingerprint density at radius 3 is 2.14 bits per heavy atom. The molecule has 0 atom stereocenters. The van der Waals surface area contributed by atoms with Gasteiger partial charge in [-0.2, -0.15) is 0 Å². The molecular formula is C31H34N2O4. The summed E-state index contributed by atoms with van der Waals surface area (Å²) in [5, 5.41) is 2.91. The second-order valence-electron chi connectivity index (χ2n) is 10.1. The van der Waals surface area contributed by atoms with Crippen molar-refractivity contribution in [1.82, 2.24) is 4.90 Å². The number of benzene rings is 2. The van der Waals surface area contributed by atoms with Gasteiger partial charge in [0.15, 0.2) is 18.2 Å². The number of rotatable bonds is 6. The second-order valence-corrected chi connectivity index (χ2v) is 10.1. The van der Waals surface area contributed by atoms with Crippen molar-refractivity contribution in [3.05, 3.63) is 81.7 Å². The van der Waals surface area contributed by atoms with Crippen LogP contribution in [0.2, 0.25) is 0 Å². The first-order valence-electron chi connectivity index (χ1n) is 13.3. The van der Waals surface area contributed by atoms with Crippen LogP contribution in [0.5, 0.6) is 5.75 Å². The largest absolute Gasteiger partial charge is 0.484 e. The maximum Gasteiger partial charge on any atom is 0.262 e. The number of Topliss-reactive ketones (excluding diaryl/α,β-unsaturated/α-hetero) is 2. The van der Waals surface area contributed by atoms with Crippen LogP contribution >= 0.6 is 0 Å². The molecule has 0 radical (unpaired) electrons. The molecule has 0 spiro atoms. The van der Waals surface area contributed by atoms with Gasteiger partial charge in [0.1, 0.15) is 5.75 Å². The lowest BCUT2D eigenvalue weighted by molar-refractivity contribution is -0.118. The van der Waals surface area contributed by atoms with Crippen LogP contribution in [0.4, 0.5) is 5.69 Å². The van der Waals surface area contributed by atoms with Crippen molar-refractivity contribution >= 4 is 23.2 Å². The van der Waals surface area contributed by atoms with Crippen molar-refractivity contribution < 1.29 is 19.1 Å². The number of ether oxygens (including phenoxy) is 1. The fourth-order valence-corrected chi connectivity index (χ4v) is 5.91. The van der Waals surface area contributed by atoms with Crippen LogP contribution < -0.4 is 10.1 Å². The number of carbonyl (C=O) groups excluding carboxylic acids is 3. The molecule has 2 aromatic carbocycles. The molecule has 1 aliphatic heterocycles. The van der Waals surface area contributed by atoms with Crippen LogP contribution in [0.3, 0.4) is 0 Å². The van der Waals surface area contributed by atoms with Gasteiger partial charge in [-0.25, -0.2) is 0 Å². The van der Waals surface area contributed by atoms with Crippen LogP contribution in [-0.2, 0) is 14.4 Å². The quantitative estimate of drug-likeness (QED) is 0.549. The minimum Gasteiger partial charge on any atom is -0.484 e. The molecule has 1 N–H and O–H groups in total. The average Bonchev–Trinajstić information content (AvgIpc) is 2.90. The van der Waals surface area contributed by atoms with Gasteiger partial charge in [0.2, 0.25) is 0 Å². The Labute approximate surface area is 218 Å². The minimum atomic E-state index is -0.324. The summed E-state index contributed by atoms with van der Waals surface area (Å²) in [6.07, 6.45) is 4.50. The molecule has 2 aliphatic carbocycles. The standard InChI is InChI=1S/C31H34N2O4/c1-4-33-24-10-6-12-26(34)30(24)29(31-25(33)11-7-13-27(31)35)21-14-16-22(17-15-21)37-18-28(36)32-23-9-5-8-19(2)20(23)3/h5,8-9,14-17,29H,4,6-7,10-13,18H2,1-3H3,(H,32,36). The lowest BCUT2D eigenvalue weighted by Gasteiger charge is -2.43. The van der Waals surface area contributed by atoms with Crippen molar-refractivity contribution in [3.63, 3.8) is 0 Å². The van der Waals surface area contributed by atoms with Gasteiger partial charge in [0.05, 0.1) is 0 Å². The number of amides is 1. The highest BCUT2D eigenvalue weighted by Crippen LogP contribution is 2.49. The molecule has 6 nitrogen and oxygen atoms in total. The molecular weight excluding hydrogens is 464 g/mol. The summed E-state index contributed by atoms with van der Waals surface area (Å²) in [5.41, 5.74) is 7.64. The number of nitrogens with zero attached hydrogens (tertiary/aromatic N) is 1. The fraction of sp³-hybridized carbons (Fsp3) is 0.387. The van der Waals surface area contributed by atoms with E-state index in [-0.39, 0.29) is 30.0 Å². The van der Waals surface area contributed by atoms with Crippen molar-refractivity contribution in [2.45, 2.75) is 65.2 Å². The normalized spacial score (nSPS) is 18.1. The van der Waals surface area contributed by atoms with Crippen molar-refractivity contribution in [2.75, 3.05) is 18.5 Å². The van der Waals surface area contributed by atoms with Gasteiger partial charge in [0, 0.05) is 53.5 Å². The van der Waals surface area contributed by atoms with Crippen LogP contribution in [0.1, 0.15) is 68.1 Å². The highest BCUT2D eigenvalue weighted by atomic mass is 16.5. The summed E-state index contributed by atoms with van der Waals surface area (Å²) in [6.45, 7) is 6.74. The van der Waals surface area contributed by atoms with E-state index in [4.69, 9.17) is 4.74 Å². The molecule has 0 saturated heterocycles. The van der Waals surface area contributed by atoms with E-state index < -0.39 is 0 Å². The molecule has 192 valence electrons. The predicted molar refractivity (Wildman–Crippen MR) is 143 cm³/mol. The number of anilines is 1. The van der Waals surface area contributed by atoms with Crippen LogP contribution in [0.15, 0.2) is 65.0 Å². The molecule has 0 fully saturated rings. The highest BCUT2D eigenvalue weighted by molar-refractivity contribution is 6.06. The van der Waals surface area contributed by atoms with Gasteiger partial charge in [-0.05, 0) is 81.3 Å². The number of carbonyl (C=O) groups is 3. The maximum atomic E-state index is 13.2. The molecule has 0 bridgehead atoms. The third-order valence-corrected chi connectivity index (χ3v) is 7.86. The molecule has 2 aromatic rings. The number of allylic oxidation sites excluding steroid dienone is 4. The highest BCUT2D eigenvalue weighted by Gasteiger charge is 2.42. The molecule has 0 saturated carbocycles. The van der Waals surface area contributed by atoms with Gasteiger partial charge < -0.3 is 15.0 Å². The second kappa shape index (κ2) is 10.4. The first-order chi connectivity index (χ1) is 17.9. The smallest absolute Gasteiger partial charge is 0.262 e. The summed E-state index contributed by atoms with van der Waals surface area (Å²) in [5.74, 6) is 0.320. The number of ketones is 2. The van der Waals surface area contributed by atoms with Crippen molar-refractivity contribution in [2.24, 2.45) is 0 Å². The Morgan fingerprint density at radius 2 is 1.54 bits per heavy atom. The van der Waals surface area contributed by atoms with Crippen molar-refractivity contribution in [1.29, 1.82) is 0 Å². The Balaban J connectivity index is 1.37. The van der Waals surface area contributed by atoms with Gasteiger partial charge in [-0.15, -0.1) is 0 Å². The van der Waals surface area contributed by atoms with Gasteiger partial charge in [-0.1, -0.05) is 24.3 Å². The molecule has 1 amide bonds. The van der Waals surface area contributed by atoms with Crippen molar-refractivity contribution in [3.8, 4) is 5.75 Å². The van der Waals surface area contributed by atoms with E-state index in [1.807, 2.05) is 56.3 Å². The Kier molecular flexibility index (Phi) is 7.00. The Hall–Kier alpha value is -3.67. The SMILES string of the molecule is CCN1C2=C(C(=O)CCC2)C(c2ccc(OCC(=O)Nc3cccc(C)c3C)cc2)C2=C1CCCC2=O. The number of hydrogen-bond donors (Lipinski definition) is 1. The Morgan fingerprint density at radius 1 is 0.919 bits per heavy atom. The lowest BCUT2D eigenvalue weighted by atomic mass is 9.71. The zero-order chi connectivity index (χ0) is 26.1. The first-order valence-corrected chi connectivity index (χ1v) is 13.3. The summed E-state index contributed by atoms with van der Waals surface area (Å²) >= 11 is 0. The number of nitrogens with one attached hydrogen (secondary N) is 1. The molecule has 6 heteroatoms. The van der Waals surface area contributed by atoms with E-state index in [2.05, 4.69) is 17.1 Å². The molecule has 3 aliphatic rings. The summed E-state index contributed by atoms with van der Waals surface area (Å²) in [6, 6.07) is 13.3. The minimum absolute atomic E-state index is 0.108. The summed E-state index contributed by atoms with van der Waals surface area (Å²) in [7, 11) is 0. The van der Waals surface area contributed by atoms with E-state index in [1.165, 1.54) is 0 Å². The number of aryl methyl sites for hydroxylation is 1. The predicted octanol–water partition coefficient (Wildman–Crippen LogP) is 5.75. The third-order valence-electron chi connectivity index (χ3n) is 7.86. The van der Waals surface area contributed by atoms with Crippen LogP contribution in [0, 0.1) is 13.8 Å². The van der Waals surface area contributed by atoms with Gasteiger partial charge in [0.25, 0.3) is 5.91 Å². The molecule has 5 rings (SSSR count). The molecule has 0 aromatic heterocycles. The molecule has 1 heterocycles. The zero-order valence-corrected chi connectivity index (χ0v) is 21.9. The Bertz CT molecular complexity index is 1280. The average molecular weight is 499 g/mol. The number of hydrogen-bond acceptors (Lipinski definition) is 5. The van der Waals surface area contributed by atoms with E-state index in [0.29, 0.717) is 18.6 Å². The van der Waals surface area contributed by atoms with Gasteiger partial charge in [-0.3, -0.25) is 14.4 Å². The fourth-order valence-electron chi connectivity index (χ4n) is 5.91.